The third-order valence-corrected chi connectivity index (χ3v) is 3.30. The molecule has 2 aromatic rings. The highest BCUT2D eigenvalue weighted by atomic mass is 16.5. The van der Waals surface area contributed by atoms with Gasteiger partial charge in [0.15, 0.2) is 0 Å². The van der Waals surface area contributed by atoms with Gasteiger partial charge in [0.05, 0.1) is 5.56 Å². The van der Waals surface area contributed by atoms with Crippen LogP contribution in [0.15, 0.2) is 24.3 Å². The van der Waals surface area contributed by atoms with Crippen LogP contribution in [-0.2, 0) is 6.61 Å². The predicted octanol–water partition coefficient (Wildman–Crippen LogP) is 2.02. The van der Waals surface area contributed by atoms with Gasteiger partial charge in [0.1, 0.15) is 18.1 Å². The van der Waals surface area contributed by atoms with E-state index in [-0.39, 0.29) is 12.5 Å². The number of nitrogen functional groups attached to an aromatic ring is 1. The first-order chi connectivity index (χ1) is 10.0. The quantitative estimate of drug-likeness (QED) is 0.446. The lowest BCUT2D eigenvalue weighted by Crippen LogP contribution is -2.31. The molecule has 0 aliphatic heterocycles. The van der Waals surface area contributed by atoms with Gasteiger partial charge in [-0.25, -0.2) is 5.84 Å². The van der Waals surface area contributed by atoms with Crippen molar-refractivity contribution in [3.05, 3.63) is 46.8 Å². The fourth-order valence-corrected chi connectivity index (χ4v) is 2.06. The highest BCUT2D eigenvalue weighted by Gasteiger charge is 2.17. The number of nitrogens with one attached hydrogen (secondary N) is 2. The van der Waals surface area contributed by atoms with Crippen molar-refractivity contribution in [3.8, 4) is 5.75 Å². The average Bonchev–Trinajstić information content (AvgIpc) is 2.85. The van der Waals surface area contributed by atoms with Crippen molar-refractivity contribution in [2.75, 3.05) is 0 Å². The molecule has 0 fully saturated rings. The molecule has 6 heteroatoms. The van der Waals surface area contributed by atoms with E-state index in [0.717, 1.165) is 5.75 Å². The van der Waals surface area contributed by atoms with Gasteiger partial charge in [-0.2, -0.15) is 5.10 Å². The van der Waals surface area contributed by atoms with Crippen molar-refractivity contribution in [3.63, 3.8) is 0 Å². The van der Waals surface area contributed by atoms with E-state index in [2.05, 4.69) is 29.5 Å². The molecule has 6 nitrogen and oxygen atoms in total. The van der Waals surface area contributed by atoms with E-state index in [1.54, 1.807) is 6.92 Å². The number of hydrazine groups is 1. The number of benzene rings is 1. The molecule has 0 saturated heterocycles. The highest BCUT2D eigenvalue weighted by molar-refractivity contribution is 5.95. The van der Waals surface area contributed by atoms with Crippen LogP contribution >= 0.6 is 0 Å². The molecule has 4 N–H and O–H groups in total. The number of carbonyl (C=O) groups excluding carboxylic acids is 1. The summed E-state index contributed by atoms with van der Waals surface area (Å²) in [5.74, 6) is 6.01. The zero-order valence-corrected chi connectivity index (χ0v) is 12.4. The average molecular weight is 288 g/mol. The molecular weight excluding hydrogens is 268 g/mol. The van der Waals surface area contributed by atoms with Crippen LogP contribution in [0.2, 0.25) is 0 Å². The van der Waals surface area contributed by atoms with Crippen LogP contribution in [0.3, 0.4) is 0 Å². The van der Waals surface area contributed by atoms with Crippen LogP contribution in [0, 0.1) is 6.92 Å². The number of nitrogens with zero attached hydrogens (tertiary/aromatic N) is 1. The molecule has 21 heavy (non-hydrogen) atoms. The number of rotatable bonds is 5. The second-order valence-corrected chi connectivity index (χ2v) is 5.16. The van der Waals surface area contributed by atoms with Crippen molar-refractivity contribution in [1.82, 2.24) is 15.6 Å². The van der Waals surface area contributed by atoms with Gasteiger partial charge >= 0.3 is 0 Å². The van der Waals surface area contributed by atoms with E-state index in [1.807, 2.05) is 24.3 Å². The molecule has 1 amide bonds. The Labute approximate surface area is 123 Å². The Morgan fingerprint density at radius 1 is 1.38 bits per heavy atom. The minimum Gasteiger partial charge on any atom is -0.487 e. The first kappa shape index (κ1) is 15.1. The van der Waals surface area contributed by atoms with Crippen molar-refractivity contribution < 1.29 is 9.53 Å². The largest absolute Gasteiger partial charge is 0.487 e. The van der Waals surface area contributed by atoms with Crippen molar-refractivity contribution >= 4 is 5.91 Å². The van der Waals surface area contributed by atoms with Gasteiger partial charge in [0.2, 0.25) is 0 Å². The Hall–Kier alpha value is -2.34. The van der Waals surface area contributed by atoms with Gasteiger partial charge in [-0.15, -0.1) is 0 Å². The summed E-state index contributed by atoms with van der Waals surface area (Å²) in [5.41, 5.74) is 4.98. The van der Waals surface area contributed by atoms with Gasteiger partial charge in [-0.1, -0.05) is 26.0 Å². The lowest BCUT2D eigenvalue weighted by molar-refractivity contribution is 0.0950. The van der Waals surface area contributed by atoms with E-state index >= 15 is 0 Å². The first-order valence-corrected chi connectivity index (χ1v) is 6.80. The number of H-pyrrole nitrogens is 1. The fraction of sp³-hybridized carbons (Fsp3) is 0.333. The molecule has 0 atom stereocenters. The van der Waals surface area contributed by atoms with Gasteiger partial charge in [-0.3, -0.25) is 15.3 Å². The molecule has 112 valence electrons. The molecular formula is C15H20N4O2. The number of aromatic nitrogens is 2. The standard InChI is InChI=1S/C15H20N4O2/c1-9(2)11-4-6-12(7-5-11)21-8-13-14(15(20)17-16)10(3)18-19-13/h4-7,9H,8,16H2,1-3H3,(H,17,20)(H,18,19). The molecule has 1 aromatic carbocycles. The summed E-state index contributed by atoms with van der Waals surface area (Å²) in [6, 6.07) is 7.89. The molecule has 0 aliphatic carbocycles. The molecule has 2 rings (SSSR count). The summed E-state index contributed by atoms with van der Waals surface area (Å²) in [6.45, 7) is 6.24. The van der Waals surface area contributed by atoms with Crippen LogP contribution in [0.4, 0.5) is 0 Å². The van der Waals surface area contributed by atoms with Crippen LogP contribution < -0.4 is 16.0 Å². The maximum Gasteiger partial charge on any atom is 0.269 e. The number of carbonyl (C=O) groups is 1. The van der Waals surface area contributed by atoms with E-state index in [1.165, 1.54) is 5.56 Å². The third-order valence-electron chi connectivity index (χ3n) is 3.30. The molecule has 0 unspecified atom stereocenters. The second-order valence-electron chi connectivity index (χ2n) is 5.16. The van der Waals surface area contributed by atoms with Crippen molar-refractivity contribution in [2.45, 2.75) is 33.3 Å². The Balaban J connectivity index is 2.08. The van der Waals surface area contributed by atoms with Crippen molar-refractivity contribution in [1.29, 1.82) is 0 Å². The third kappa shape index (κ3) is 3.41. The molecule has 1 heterocycles. The molecule has 0 spiro atoms. The summed E-state index contributed by atoms with van der Waals surface area (Å²) >= 11 is 0. The van der Waals surface area contributed by atoms with Gasteiger partial charge in [-0.05, 0) is 30.5 Å². The number of hydrogen-bond donors (Lipinski definition) is 3. The maximum atomic E-state index is 11.7. The summed E-state index contributed by atoms with van der Waals surface area (Å²) in [5, 5.41) is 6.85. The Morgan fingerprint density at radius 2 is 2.05 bits per heavy atom. The van der Waals surface area contributed by atoms with E-state index in [0.29, 0.717) is 22.9 Å². The van der Waals surface area contributed by atoms with Crippen LogP contribution in [-0.4, -0.2) is 16.1 Å². The number of ether oxygens (including phenoxy) is 1. The number of aromatic amines is 1. The Kier molecular flexibility index (Phi) is 4.59. The van der Waals surface area contributed by atoms with Crippen LogP contribution in [0.25, 0.3) is 0 Å². The zero-order chi connectivity index (χ0) is 15.4. The molecule has 0 saturated carbocycles. The number of hydrogen-bond acceptors (Lipinski definition) is 4. The first-order valence-electron chi connectivity index (χ1n) is 6.80. The second kappa shape index (κ2) is 6.41. The highest BCUT2D eigenvalue weighted by Crippen LogP contribution is 2.20. The van der Waals surface area contributed by atoms with Gasteiger partial charge < -0.3 is 4.74 Å². The molecule has 0 radical (unpaired) electrons. The summed E-state index contributed by atoms with van der Waals surface area (Å²) < 4.78 is 5.67. The fourth-order valence-electron chi connectivity index (χ4n) is 2.06. The monoisotopic (exact) mass is 288 g/mol. The smallest absolute Gasteiger partial charge is 0.269 e. The summed E-state index contributed by atoms with van der Waals surface area (Å²) in [6.07, 6.45) is 0. The normalized spacial score (nSPS) is 10.7. The minimum absolute atomic E-state index is 0.202. The minimum atomic E-state index is -0.380. The SMILES string of the molecule is Cc1[nH]nc(COc2ccc(C(C)C)cc2)c1C(=O)NN. The topological polar surface area (TPSA) is 93.0 Å². The molecule has 0 aliphatic rings. The van der Waals surface area contributed by atoms with Crippen LogP contribution in [0.5, 0.6) is 5.75 Å². The lowest BCUT2D eigenvalue weighted by atomic mass is 10.0. The zero-order valence-electron chi connectivity index (χ0n) is 12.4. The van der Waals surface area contributed by atoms with Crippen LogP contribution in [0.1, 0.15) is 47.1 Å². The number of nitrogens with two attached hydrogens (primary N) is 1. The molecule has 1 aromatic heterocycles. The Bertz CT molecular complexity index is 617. The Morgan fingerprint density at radius 3 is 2.62 bits per heavy atom. The van der Waals surface area contributed by atoms with Crippen molar-refractivity contribution in [2.24, 2.45) is 5.84 Å². The van der Waals surface area contributed by atoms with Gasteiger partial charge in [0, 0.05) is 5.69 Å². The summed E-state index contributed by atoms with van der Waals surface area (Å²) in [4.78, 5) is 11.7. The summed E-state index contributed by atoms with van der Waals surface area (Å²) in [7, 11) is 0. The predicted molar refractivity (Wildman–Crippen MR) is 79.8 cm³/mol. The van der Waals surface area contributed by atoms with Gasteiger partial charge in [0.25, 0.3) is 5.91 Å². The number of aryl methyl sites for hydroxylation is 1. The van der Waals surface area contributed by atoms with E-state index in [9.17, 15) is 4.79 Å². The van der Waals surface area contributed by atoms with E-state index in [4.69, 9.17) is 10.6 Å². The molecule has 0 bridgehead atoms. The lowest BCUT2D eigenvalue weighted by Gasteiger charge is -2.08. The maximum absolute atomic E-state index is 11.7. The number of amides is 1. The van der Waals surface area contributed by atoms with E-state index < -0.39 is 0 Å².